The fourth-order valence-electron chi connectivity index (χ4n) is 4.49. The third-order valence-corrected chi connectivity index (χ3v) is 5.56. The summed E-state index contributed by atoms with van der Waals surface area (Å²) < 4.78 is 6.65. The van der Waals surface area contributed by atoms with Crippen molar-refractivity contribution < 1.29 is 14.3 Å². The zero-order valence-electron chi connectivity index (χ0n) is 13.6. The van der Waals surface area contributed by atoms with E-state index in [1.54, 1.807) is 10.9 Å². The second kappa shape index (κ2) is 5.92. The first-order valence-corrected chi connectivity index (χ1v) is 8.45. The SMILES string of the molecule is COC(=O)[C@@H]1[C@H]2CC[C@@H](C2)[C@@H]1NC(=O)Cn1ncc2ccccc21. The molecule has 1 aromatic heterocycles. The molecule has 6 nitrogen and oxygen atoms in total. The standard InChI is InChI=1S/C18H21N3O3/c1-24-18(23)16-11-6-7-12(8-11)17(16)20-15(22)10-21-14-5-3-2-4-13(14)9-19-21/h2-5,9,11-12,16-17H,6-8,10H2,1H3,(H,20,22)/t11-,12-,16+,17-/m0/s1. The fraction of sp³-hybridized carbons (Fsp3) is 0.500. The molecular weight excluding hydrogens is 306 g/mol. The van der Waals surface area contributed by atoms with Crippen molar-refractivity contribution in [1.29, 1.82) is 0 Å². The highest BCUT2D eigenvalue weighted by atomic mass is 16.5. The molecular formula is C18H21N3O3. The van der Waals surface area contributed by atoms with Gasteiger partial charge in [0.25, 0.3) is 0 Å². The van der Waals surface area contributed by atoms with Crippen molar-refractivity contribution in [1.82, 2.24) is 15.1 Å². The quantitative estimate of drug-likeness (QED) is 0.868. The molecule has 0 spiro atoms. The van der Waals surface area contributed by atoms with Gasteiger partial charge in [-0.3, -0.25) is 14.3 Å². The average Bonchev–Trinajstić information content (AvgIpc) is 3.29. The average molecular weight is 327 g/mol. The maximum atomic E-state index is 12.5. The maximum Gasteiger partial charge on any atom is 0.311 e. The molecule has 2 saturated carbocycles. The molecule has 1 N–H and O–H groups in total. The van der Waals surface area contributed by atoms with Crippen LogP contribution >= 0.6 is 0 Å². The van der Waals surface area contributed by atoms with Crippen molar-refractivity contribution in [2.24, 2.45) is 17.8 Å². The first-order chi connectivity index (χ1) is 11.7. The Morgan fingerprint density at radius 1 is 1.29 bits per heavy atom. The number of benzene rings is 1. The van der Waals surface area contributed by atoms with Gasteiger partial charge in [0.05, 0.1) is 24.7 Å². The predicted octanol–water partition coefficient (Wildman–Crippen LogP) is 1.74. The summed E-state index contributed by atoms with van der Waals surface area (Å²) in [7, 11) is 1.42. The number of esters is 1. The van der Waals surface area contributed by atoms with Gasteiger partial charge in [-0.15, -0.1) is 0 Å². The van der Waals surface area contributed by atoms with Gasteiger partial charge < -0.3 is 10.1 Å². The van der Waals surface area contributed by atoms with Crippen LogP contribution in [-0.4, -0.2) is 34.8 Å². The van der Waals surface area contributed by atoms with E-state index in [0.29, 0.717) is 11.8 Å². The van der Waals surface area contributed by atoms with Crippen LogP contribution < -0.4 is 5.32 Å². The largest absolute Gasteiger partial charge is 0.469 e. The monoisotopic (exact) mass is 327 g/mol. The molecule has 4 rings (SSSR count). The van der Waals surface area contributed by atoms with Gasteiger partial charge in [-0.2, -0.15) is 5.10 Å². The van der Waals surface area contributed by atoms with Gasteiger partial charge in [0, 0.05) is 11.4 Å². The molecule has 0 saturated heterocycles. The first-order valence-electron chi connectivity index (χ1n) is 8.45. The number of amides is 1. The number of nitrogens with zero attached hydrogens (tertiary/aromatic N) is 2. The number of aromatic nitrogens is 2. The number of hydrogen-bond acceptors (Lipinski definition) is 4. The summed E-state index contributed by atoms with van der Waals surface area (Å²) in [5.74, 6) is 0.232. The molecule has 2 aliphatic rings. The Balaban J connectivity index is 1.48. The summed E-state index contributed by atoms with van der Waals surface area (Å²) in [6.45, 7) is 0.162. The van der Waals surface area contributed by atoms with Gasteiger partial charge in [-0.1, -0.05) is 18.2 Å². The maximum absolute atomic E-state index is 12.5. The zero-order chi connectivity index (χ0) is 16.7. The Kier molecular flexibility index (Phi) is 3.75. The highest BCUT2D eigenvalue weighted by Gasteiger charge is 2.51. The molecule has 2 fully saturated rings. The van der Waals surface area contributed by atoms with Crippen LogP contribution in [0.2, 0.25) is 0 Å². The van der Waals surface area contributed by atoms with Crippen molar-refractivity contribution in [3.05, 3.63) is 30.5 Å². The summed E-state index contributed by atoms with van der Waals surface area (Å²) in [4.78, 5) is 24.6. The van der Waals surface area contributed by atoms with E-state index in [0.717, 1.165) is 30.2 Å². The Bertz CT molecular complexity index is 785. The van der Waals surface area contributed by atoms with Gasteiger partial charge in [-0.05, 0) is 37.2 Å². The minimum absolute atomic E-state index is 0.102. The van der Waals surface area contributed by atoms with Crippen molar-refractivity contribution in [2.45, 2.75) is 31.8 Å². The van der Waals surface area contributed by atoms with Crippen molar-refractivity contribution >= 4 is 22.8 Å². The number of carbonyl (C=O) groups is 2. The molecule has 24 heavy (non-hydrogen) atoms. The lowest BCUT2D eigenvalue weighted by atomic mass is 9.84. The molecule has 0 aliphatic heterocycles. The third kappa shape index (κ3) is 2.46. The highest BCUT2D eigenvalue weighted by molar-refractivity contribution is 5.83. The van der Waals surface area contributed by atoms with E-state index in [2.05, 4.69) is 10.4 Å². The number of hydrogen-bond donors (Lipinski definition) is 1. The molecule has 6 heteroatoms. The second-order valence-corrected chi connectivity index (χ2v) is 6.84. The molecule has 2 aliphatic carbocycles. The van der Waals surface area contributed by atoms with E-state index < -0.39 is 0 Å². The van der Waals surface area contributed by atoms with Gasteiger partial charge in [0.1, 0.15) is 6.54 Å². The van der Waals surface area contributed by atoms with E-state index in [9.17, 15) is 9.59 Å². The van der Waals surface area contributed by atoms with E-state index in [4.69, 9.17) is 4.74 Å². The lowest BCUT2D eigenvalue weighted by Gasteiger charge is -2.29. The van der Waals surface area contributed by atoms with Crippen molar-refractivity contribution in [3.8, 4) is 0 Å². The summed E-state index contributed by atoms with van der Waals surface area (Å²) >= 11 is 0. The molecule has 0 radical (unpaired) electrons. The molecule has 0 unspecified atom stereocenters. The van der Waals surface area contributed by atoms with Crippen LogP contribution in [0.3, 0.4) is 0 Å². The minimum atomic E-state index is -0.202. The normalized spacial score (nSPS) is 28.2. The van der Waals surface area contributed by atoms with Gasteiger partial charge in [-0.25, -0.2) is 0 Å². The summed E-state index contributed by atoms with van der Waals surface area (Å²) in [5, 5.41) is 8.38. The number of rotatable bonds is 4. The lowest BCUT2D eigenvalue weighted by molar-refractivity contribution is -0.148. The number of carbonyl (C=O) groups excluding carboxylic acids is 2. The number of para-hydroxylation sites is 1. The van der Waals surface area contributed by atoms with Crippen LogP contribution in [0.5, 0.6) is 0 Å². The number of nitrogens with one attached hydrogen (secondary N) is 1. The van der Waals surface area contributed by atoms with E-state index in [1.807, 2.05) is 24.3 Å². The van der Waals surface area contributed by atoms with Crippen LogP contribution in [0.15, 0.2) is 30.5 Å². The molecule has 1 aromatic carbocycles. The summed E-state index contributed by atoms with van der Waals surface area (Å²) in [6, 6.07) is 7.70. The van der Waals surface area contributed by atoms with Gasteiger partial charge in [0.15, 0.2) is 0 Å². The summed E-state index contributed by atoms with van der Waals surface area (Å²) in [5.41, 5.74) is 0.935. The predicted molar refractivity (Wildman–Crippen MR) is 88.0 cm³/mol. The third-order valence-electron chi connectivity index (χ3n) is 5.56. The lowest BCUT2D eigenvalue weighted by Crippen LogP contribution is -2.48. The molecule has 1 heterocycles. The van der Waals surface area contributed by atoms with Crippen LogP contribution in [-0.2, 0) is 20.9 Å². The fourth-order valence-corrected chi connectivity index (χ4v) is 4.49. The highest BCUT2D eigenvalue weighted by Crippen LogP contribution is 2.48. The number of fused-ring (bicyclic) bond motifs is 3. The number of methoxy groups -OCH3 is 1. The molecule has 2 aromatic rings. The smallest absolute Gasteiger partial charge is 0.311 e. The molecule has 2 bridgehead atoms. The second-order valence-electron chi connectivity index (χ2n) is 6.84. The van der Waals surface area contributed by atoms with Crippen LogP contribution in [0.4, 0.5) is 0 Å². The Morgan fingerprint density at radius 3 is 2.92 bits per heavy atom. The van der Waals surface area contributed by atoms with Gasteiger partial charge in [0.2, 0.25) is 5.91 Å². The first kappa shape index (κ1) is 15.2. The van der Waals surface area contributed by atoms with Crippen LogP contribution in [0.25, 0.3) is 10.9 Å². The molecule has 4 atom stereocenters. The van der Waals surface area contributed by atoms with Crippen molar-refractivity contribution in [2.75, 3.05) is 7.11 Å². The van der Waals surface area contributed by atoms with Crippen LogP contribution in [0, 0.1) is 17.8 Å². The summed E-state index contributed by atoms with van der Waals surface area (Å²) in [6.07, 6.45) is 4.90. The van der Waals surface area contributed by atoms with Gasteiger partial charge >= 0.3 is 5.97 Å². The van der Waals surface area contributed by atoms with E-state index in [-0.39, 0.29) is 30.4 Å². The molecule has 126 valence electrons. The minimum Gasteiger partial charge on any atom is -0.469 e. The molecule has 1 amide bonds. The Hall–Kier alpha value is -2.37. The van der Waals surface area contributed by atoms with Crippen molar-refractivity contribution in [3.63, 3.8) is 0 Å². The van der Waals surface area contributed by atoms with E-state index in [1.165, 1.54) is 7.11 Å². The Morgan fingerprint density at radius 2 is 2.08 bits per heavy atom. The Labute approximate surface area is 140 Å². The zero-order valence-corrected chi connectivity index (χ0v) is 13.6. The topological polar surface area (TPSA) is 73.2 Å². The van der Waals surface area contributed by atoms with E-state index >= 15 is 0 Å². The van der Waals surface area contributed by atoms with Crippen LogP contribution in [0.1, 0.15) is 19.3 Å². The number of ether oxygens (including phenoxy) is 1.